The summed E-state index contributed by atoms with van der Waals surface area (Å²) in [6, 6.07) is 6.33. The summed E-state index contributed by atoms with van der Waals surface area (Å²) in [5, 5.41) is 0.261. The minimum atomic E-state index is -4.87. The van der Waals surface area contributed by atoms with E-state index in [1.807, 2.05) is 0 Å². The van der Waals surface area contributed by atoms with E-state index in [9.17, 15) is 18.0 Å². The van der Waals surface area contributed by atoms with E-state index in [0.717, 1.165) is 0 Å². The second-order valence-corrected chi connectivity index (χ2v) is 3.98. The number of nitrogens with one attached hydrogen (secondary N) is 1. The SMILES string of the molecule is O=C(c1c(Br)[nH]c2ccccc12)C(F)(F)F. The van der Waals surface area contributed by atoms with Gasteiger partial charge >= 0.3 is 6.18 Å². The number of para-hydroxylation sites is 1. The molecule has 0 aliphatic carbocycles. The maximum absolute atomic E-state index is 12.3. The normalized spacial score (nSPS) is 12.0. The van der Waals surface area contributed by atoms with Gasteiger partial charge < -0.3 is 4.98 Å². The third kappa shape index (κ3) is 1.73. The number of Topliss-reactive ketones (excluding diaryl/α,β-unsaturated/α-hetero) is 1. The molecule has 2 rings (SSSR count). The van der Waals surface area contributed by atoms with Gasteiger partial charge in [0.1, 0.15) is 0 Å². The lowest BCUT2D eigenvalue weighted by molar-refractivity contribution is -0.0884. The van der Waals surface area contributed by atoms with Crippen LogP contribution >= 0.6 is 15.9 Å². The number of ketones is 1. The first-order chi connectivity index (χ1) is 7.41. The number of aromatic amines is 1. The lowest BCUT2D eigenvalue weighted by Crippen LogP contribution is -2.22. The summed E-state index contributed by atoms with van der Waals surface area (Å²) in [5.41, 5.74) is 0.116. The van der Waals surface area contributed by atoms with Gasteiger partial charge in [0.2, 0.25) is 0 Å². The molecular weight excluding hydrogens is 287 g/mol. The number of hydrogen-bond acceptors (Lipinski definition) is 1. The van der Waals surface area contributed by atoms with Crippen molar-refractivity contribution in [2.75, 3.05) is 0 Å². The fourth-order valence-electron chi connectivity index (χ4n) is 1.47. The molecule has 0 unspecified atom stereocenters. The average molecular weight is 292 g/mol. The topological polar surface area (TPSA) is 32.9 Å². The van der Waals surface area contributed by atoms with Gasteiger partial charge in [0.15, 0.2) is 0 Å². The van der Waals surface area contributed by atoms with E-state index in [-0.39, 0.29) is 15.6 Å². The minimum absolute atomic E-state index is 0.0519. The minimum Gasteiger partial charge on any atom is -0.349 e. The van der Waals surface area contributed by atoms with Gasteiger partial charge in [0.05, 0.1) is 10.2 Å². The Labute approximate surface area is 96.6 Å². The van der Waals surface area contributed by atoms with E-state index in [1.165, 1.54) is 6.07 Å². The van der Waals surface area contributed by atoms with E-state index in [2.05, 4.69) is 20.9 Å². The lowest BCUT2D eigenvalue weighted by Gasteiger charge is -2.04. The molecule has 1 aromatic heterocycles. The molecule has 2 nitrogen and oxygen atoms in total. The molecule has 16 heavy (non-hydrogen) atoms. The summed E-state index contributed by atoms with van der Waals surface area (Å²) < 4.78 is 37.1. The molecule has 0 amide bonds. The molecular formula is C10H5BrF3NO. The van der Waals surface area contributed by atoms with Crippen LogP contribution in [0, 0.1) is 0 Å². The average Bonchev–Trinajstić information content (AvgIpc) is 2.51. The maximum Gasteiger partial charge on any atom is 0.454 e. The van der Waals surface area contributed by atoms with Crippen LogP contribution in [0.4, 0.5) is 13.2 Å². The number of aromatic nitrogens is 1. The van der Waals surface area contributed by atoms with Crippen LogP contribution in [0.5, 0.6) is 0 Å². The number of halogens is 4. The number of fused-ring (bicyclic) bond motifs is 1. The molecule has 0 bridgehead atoms. The van der Waals surface area contributed by atoms with Crippen LogP contribution in [0.3, 0.4) is 0 Å². The van der Waals surface area contributed by atoms with Crippen LogP contribution in [0.25, 0.3) is 10.9 Å². The predicted octanol–water partition coefficient (Wildman–Crippen LogP) is 3.68. The van der Waals surface area contributed by atoms with Crippen molar-refractivity contribution in [2.45, 2.75) is 6.18 Å². The largest absolute Gasteiger partial charge is 0.454 e. The van der Waals surface area contributed by atoms with Crippen LogP contribution in [-0.4, -0.2) is 16.9 Å². The van der Waals surface area contributed by atoms with Gasteiger partial charge in [-0.1, -0.05) is 18.2 Å². The highest BCUT2D eigenvalue weighted by Crippen LogP contribution is 2.32. The van der Waals surface area contributed by atoms with Crippen LogP contribution in [0.2, 0.25) is 0 Å². The van der Waals surface area contributed by atoms with Gasteiger partial charge in [-0.25, -0.2) is 0 Å². The smallest absolute Gasteiger partial charge is 0.349 e. The Kier molecular flexibility index (Phi) is 2.53. The van der Waals surface area contributed by atoms with Crippen LogP contribution < -0.4 is 0 Å². The molecule has 1 heterocycles. The van der Waals surface area contributed by atoms with Gasteiger partial charge in [-0.15, -0.1) is 0 Å². The number of alkyl halides is 3. The molecule has 0 aliphatic rings. The van der Waals surface area contributed by atoms with Gasteiger partial charge in [-0.2, -0.15) is 13.2 Å². The fourth-order valence-corrected chi connectivity index (χ4v) is 2.08. The summed E-state index contributed by atoms with van der Waals surface area (Å²) >= 11 is 2.93. The van der Waals surface area contributed by atoms with E-state index < -0.39 is 12.0 Å². The molecule has 0 saturated carbocycles. The number of benzene rings is 1. The third-order valence-corrected chi connectivity index (χ3v) is 2.74. The van der Waals surface area contributed by atoms with E-state index in [1.54, 1.807) is 18.2 Å². The Hall–Kier alpha value is -1.30. The first kappa shape index (κ1) is 11.2. The molecule has 6 heteroatoms. The summed E-state index contributed by atoms with van der Waals surface area (Å²) in [6.07, 6.45) is -4.87. The molecule has 0 saturated heterocycles. The standard InChI is InChI=1S/C10H5BrF3NO/c11-9-7(8(16)10(12,13)14)5-3-1-2-4-6(5)15-9/h1-4,15H. The second kappa shape index (κ2) is 3.62. The van der Waals surface area contributed by atoms with Crippen molar-refractivity contribution in [1.82, 2.24) is 4.98 Å². The molecule has 0 radical (unpaired) electrons. The molecule has 1 aromatic carbocycles. The monoisotopic (exact) mass is 291 g/mol. The molecule has 0 atom stereocenters. The van der Waals surface area contributed by atoms with Crippen molar-refractivity contribution >= 4 is 32.6 Å². The second-order valence-electron chi connectivity index (χ2n) is 3.19. The Morgan fingerprint density at radius 1 is 1.25 bits per heavy atom. The van der Waals surface area contributed by atoms with Gasteiger partial charge in [0.25, 0.3) is 5.78 Å². The van der Waals surface area contributed by atoms with Crippen molar-refractivity contribution in [2.24, 2.45) is 0 Å². The van der Waals surface area contributed by atoms with Gasteiger partial charge in [-0.05, 0) is 22.0 Å². The number of rotatable bonds is 1. The zero-order valence-electron chi connectivity index (χ0n) is 7.73. The predicted molar refractivity (Wildman–Crippen MR) is 56.4 cm³/mol. The third-order valence-electron chi connectivity index (χ3n) is 2.14. The Morgan fingerprint density at radius 2 is 1.88 bits per heavy atom. The number of carbonyl (C=O) groups is 1. The van der Waals surface area contributed by atoms with Crippen molar-refractivity contribution in [3.63, 3.8) is 0 Å². The Balaban J connectivity index is 2.69. The zero-order valence-corrected chi connectivity index (χ0v) is 9.32. The number of H-pyrrole nitrogens is 1. The van der Waals surface area contributed by atoms with Crippen molar-refractivity contribution in [1.29, 1.82) is 0 Å². The first-order valence-corrected chi connectivity index (χ1v) is 5.08. The zero-order chi connectivity index (χ0) is 11.9. The van der Waals surface area contributed by atoms with Crippen molar-refractivity contribution in [3.8, 4) is 0 Å². The first-order valence-electron chi connectivity index (χ1n) is 4.29. The van der Waals surface area contributed by atoms with Crippen LogP contribution in [0.15, 0.2) is 28.9 Å². The Bertz CT molecular complexity index is 559. The van der Waals surface area contributed by atoms with Crippen molar-refractivity contribution < 1.29 is 18.0 Å². The highest BCUT2D eigenvalue weighted by atomic mass is 79.9. The maximum atomic E-state index is 12.3. The summed E-state index contributed by atoms with van der Waals surface area (Å²) in [6.45, 7) is 0. The quantitative estimate of drug-likeness (QED) is 0.799. The highest BCUT2D eigenvalue weighted by molar-refractivity contribution is 9.10. The summed E-state index contributed by atoms with van der Waals surface area (Å²) in [4.78, 5) is 13.9. The lowest BCUT2D eigenvalue weighted by atomic mass is 10.1. The number of hydrogen-bond donors (Lipinski definition) is 1. The number of carbonyl (C=O) groups excluding carboxylic acids is 1. The molecule has 0 spiro atoms. The van der Waals surface area contributed by atoms with Gasteiger partial charge in [-0.3, -0.25) is 4.79 Å². The van der Waals surface area contributed by atoms with E-state index in [4.69, 9.17) is 0 Å². The fraction of sp³-hybridized carbons (Fsp3) is 0.100. The molecule has 0 fully saturated rings. The molecule has 1 N–H and O–H groups in total. The van der Waals surface area contributed by atoms with E-state index >= 15 is 0 Å². The molecule has 84 valence electrons. The Morgan fingerprint density at radius 3 is 2.50 bits per heavy atom. The van der Waals surface area contributed by atoms with E-state index in [0.29, 0.717) is 5.52 Å². The van der Waals surface area contributed by atoms with Crippen molar-refractivity contribution in [3.05, 3.63) is 34.4 Å². The van der Waals surface area contributed by atoms with Crippen LogP contribution in [0.1, 0.15) is 10.4 Å². The highest BCUT2D eigenvalue weighted by Gasteiger charge is 2.41. The van der Waals surface area contributed by atoms with Crippen LogP contribution in [-0.2, 0) is 0 Å². The summed E-state index contributed by atoms with van der Waals surface area (Å²) in [5.74, 6) is -1.85. The summed E-state index contributed by atoms with van der Waals surface area (Å²) in [7, 11) is 0. The molecule has 0 aliphatic heterocycles. The van der Waals surface area contributed by atoms with Gasteiger partial charge in [0, 0.05) is 10.9 Å². The molecule has 2 aromatic rings.